The van der Waals surface area contributed by atoms with Gasteiger partial charge < -0.3 is 20.9 Å². The molecule has 6 nitrogen and oxygen atoms in total. The standard InChI is InChI=1S/C17H24N4O2/c1-17(10-18)6-8-21(11-17)16(23)12-3-4-14-13(9-12)19-15(22)5-7-20(14)2/h3-4,9H,5-8,10-11,18H2,1-2H3,(H,19,22). The molecule has 0 spiro atoms. The molecule has 2 amide bonds. The highest BCUT2D eigenvalue weighted by molar-refractivity contribution is 6.01. The molecule has 23 heavy (non-hydrogen) atoms. The average molecular weight is 316 g/mol. The van der Waals surface area contributed by atoms with E-state index in [1.54, 1.807) is 6.07 Å². The van der Waals surface area contributed by atoms with Crippen molar-refractivity contribution in [2.75, 3.05) is 43.4 Å². The van der Waals surface area contributed by atoms with Gasteiger partial charge in [-0.1, -0.05) is 6.92 Å². The summed E-state index contributed by atoms with van der Waals surface area (Å²) in [5.41, 5.74) is 8.09. The maximum absolute atomic E-state index is 12.7. The van der Waals surface area contributed by atoms with E-state index in [0.29, 0.717) is 37.3 Å². The smallest absolute Gasteiger partial charge is 0.253 e. The van der Waals surface area contributed by atoms with Crippen LogP contribution in [-0.4, -0.2) is 49.9 Å². The third-order valence-electron chi connectivity index (χ3n) is 4.94. The molecule has 1 saturated heterocycles. The number of nitrogens with one attached hydrogen (secondary N) is 1. The van der Waals surface area contributed by atoms with E-state index < -0.39 is 0 Å². The third kappa shape index (κ3) is 3.03. The molecular formula is C17H24N4O2. The minimum atomic E-state index is -0.0166. The first-order valence-corrected chi connectivity index (χ1v) is 8.06. The number of carbonyl (C=O) groups is 2. The quantitative estimate of drug-likeness (QED) is 0.861. The molecule has 1 unspecified atom stereocenters. The molecular weight excluding hydrogens is 292 g/mol. The summed E-state index contributed by atoms with van der Waals surface area (Å²) in [5, 5.41) is 2.89. The van der Waals surface area contributed by atoms with Gasteiger partial charge in [0.25, 0.3) is 5.91 Å². The van der Waals surface area contributed by atoms with Crippen LogP contribution in [-0.2, 0) is 4.79 Å². The number of benzene rings is 1. The highest BCUT2D eigenvalue weighted by Gasteiger charge is 2.35. The molecule has 2 aliphatic heterocycles. The minimum Gasteiger partial charge on any atom is -0.372 e. The molecule has 2 aliphatic rings. The maximum Gasteiger partial charge on any atom is 0.253 e. The summed E-state index contributed by atoms with van der Waals surface area (Å²) < 4.78 is 0. The van der Waals surface area contributed by atoms with Crippen LogP contribution in [0.15, 0.2) is 18.2 Å². The van der Waals surface area contributed by atoms with Crippen LogP contribution >= 0.6 is 0 Å². The Balaban J connectivity index is 1.84. The van der Waals surface area contributed by atoms with Gasteiger partial charge in [0, 0.05) is 38.7 Å². The number of hydrogen-bond donors (Lipinski definition) is 2. The first kappa shape index (κ1) is 15.8. The number of hydrogen-bond acceptors (Lipinski definition) is 4. The molecule has 3 N–H and O–H groups in total. The van der Waals surface area contributed by atoms with Crippen LogP contribution < -0.4 is 16.0 Å². The van der Waals surface area contributed by atoms with E-state index >= 15 is 0 Å². The number of fused-ring (bicyclic) bond motifs is 1. The molecule has 1 fully saturated rings. The van der Waals surface area contributed by atoms with Crippen molar-refractivity contribution in [3.63, 3.8) is 0 Å². The van der Waals surface area contributed by atoms with E-state index in [2.05, 4.69) is 12.2 Å². The molecule has 6 heteroatoms. The summed E-state index contributed by atoms with van der Waals surface area (Å²) in [6, 6.07) is 5.54. The van der Waals surface area contributed by atoms with Gasteiger partial charge in [-0.3, -0.25) is 9.59 Å². The lowest BCUT2D eigenvalue weighted by Crippen LogP contribution is -2.34. The number of likely N-dealkylation sites (tertiary alicyclic amines) is 1. The Morgan fingerprint density at radius 1 is 1.39 bits per heavy atom. The molecule has 2 heterocycles. The Hall–Kier alpha value is -2.08. The van der Waals surface area contributed by atoms with Gasteiger partial charge in [0.05, 0.1) is 11.4 Å². The van der Waals surface area contributed by atoms with E-state index in [1.165, 1.54) is 0 Å². The molecule has 1 aromatic carbocycles. The fraction of sp³-hybridized carbons (Fsp3) is 0.529. The first-order chi connectivity index (χ1) is 10.9. The zero-order valence-corrected chi connectivity index (χ0v) is 13.8. The molecule has 0 saturated carbocycles. The van der Waals surface area contributed by atoms with Gasteiger partial charge in [-0.25, -0.2) is 0 Å². The fourth-order valence-electron chi connectivity index (χ4n) is 3.25. The number of anilines is 2. The molecule has 0 bridgehead atoms. The largest absolute Gasteiger partial charge is 0.372 e. The predicted molar refractivity (Wildman–Crippen MR) is 90.6 cm³/mol. The van der Waals surface area contributed by atoms with Crippen LogP contribution in [0.5, 0.6) is 0 Å². The summed E-state index contributed by atoms with van der Waals surface area (Å²) in [6.07, 6.45) is 1.38. The molecule has 0 aliphatic carbocycles. The zero-order chi connectivity index (χ0) is 16.6. The van der Waals surface area contributed by atoms with Crippen LogP contribution in [0.4, 0.5) is 11.4 Å². The van der Waals surface area contributed by atoms with Crippen molar-refractivity contribution in [3.8, 4) is 0 Å². The molecule has 124 valence electrons. The highest BCUT2D eigenvalue weighted by atomic mass is 16.2. The van der Waals surface area contributed by atoms with Crippen molar-refractivity contribution < 1.29 is 9.59 Å². The third-order valence-corrected chi connectivity index (χ3v) is 4.94. The molecule has 1 atom stereocenters. The second kappa shape index (κ2) is 5.85. The lowest BCUT2D eigenvalue weighted by Gasteiger charge is -2.23. The van der Waals surface area contributed by atoms with Crippen LogP contribution in [0.3, 0.4) is 0 Å². The molecule has 0 radical (unpaired) electrons. The van der Waals surface area contributed by atoms with Crippen molar-refractivity contribution in [3.05, 3.63) is 23.8 Å². The van der Waals surface area contributed by atoms with Gasteiger partial charge in [0.15, 0.2) is 0 Å². The number of amides is 2. The SMILES string of the molecule is CN1CCC(=O)Nc2cc(C(=O)N3CCC(C)(CN)C3)ccc21. The molecule has 0 aromatic heterocycles. The minimum absolute atomic E-state index is 0.00567. The van der Waals surface area contributed by atoms with E-state index in [1.807, 2.05) is 29.0 Å². The van der Waals surface area contributed by atoms with Crippen molar-refractivity contribution in [1.82, 2.24) is 4.90 Å². The van der Waals surface area contributed by atoms with Crippen molar-refractivity contribution in [1.29, 1.82) is 0 Å². The van der Waals surface area contributed by atoms with E-state index in [4.69, 9.17) is 5.73 Å². The van der Waals surface area contributed by atoms with Gasteiger partial charge in [-0.05, 0) is 36.6 Å². The van der Waals surface area contributed by atoms with Gasteiger partial charge in [0.1, 0.15) is 0 Å². The van der Waals surface area contributed by atoms with Crippen LogP contribution in [0, 0.1) is 5.41 Å². The number of nitrogens with two attached hydrogens (primary N) is 1. The average Bonchev–Trinajstić information content (AvgIpc) is 2.88. The summed E-state index contributed by atoms with van der Waals surface area (Å²) in [5.74, 6) is -0.0109. The van der Waals surface area contributed by atoms with Crippen LogP contribution in [0.1, 0.15) is 30.1 Å². The second-order valence-electron chi connectivity index (χ2n) is 6.94. The predicted octanol–water partition coefficient (Wildman–Crippen LogP) is 1.28. The van der Waals surface area contributed by atoms with E-state index in [0.717, 1.165) is 18.7 Å². The van der Waals surface area contributed by atoms with Crippen LogP contribution in [0.25, 0.3) is 0 Å². The van der Waals surface area contributed by atoms with E-state index in [9.17, 15) is 9.59 Å². The monoisotopic (exact) mass is 316 g/mol. The Labute approximate surface area is 136 Å². The lowest BCUT2D eigenvalue weighted by atomic mass is 9.90. The molecule has 3 rings (SSSR count). The van der Waals surface area contributed by atoms with Gasteiger partial charge in [0.2, 0.25) is 5.91 Å². The summed E-state index contributed by atoms with van der Waals surface area (Å²) in [6.45, 7) is 4.79. The highest BCUT2D eigenvalue weighted by Crippen LogP contribution is 2.32. The normalized spacial score (nSPS) is 24.2. The Kier molecular flexibility index (Phi) is 4.02. The lowest BCUT2D eigenvalue weighted by molar-refractivity contribution is -0.115. The maximum atomic E-state index is 12.7. The van der Waals surface area contributed by atoms with Crippen LogP contribution in [0.2, 0.25) is 0 Å². The Morgan fingerprint density at radius 2 is 2.17 bits per heavy atom. The number of nitrogens with zero attached hydrogens (tertiary/aromatic N) is 2. The topological polar surface area (TPSA) is 78.7 Å². The van der Waals surface area contributed by atoms with E-state index in [-0.39, 0.29) is 17.2 Å². The Bertz CT molecular complexity index is 645. The number of carbonyl (C=O) groups excluding carboxylic acids is 2. The summed E-state index contributed by atoms with van der Waals surface area (Å²) >= 11 is 0. The Morgan fingerprint density at radius 3 is 2.87 bits per heavy atom. The van der Waals surface area contributed by atoms with Crippen molar-refractivity contribution in [2.24, 2.45) is 11.1 Å². The van der Waals surface area contributed by atoms with Gasteiger partial charge in [-0.2, -0.15) is 0 Å². The summed E-state index contributed by atoms with van der Waals surface area (Å²) in [4.78, 5) is 28.4. The number of rotatable bonds is 2. The van der Waals surface area contributed by atoms with Gasteiger partial charge in [-0.15, -0.1) is 0 Å². The second-order valence-corrected chi connectivity index (χ2v) is 6.94. The van der Waals surface area contributed by atoms with Gasteiger partial charge >= 0.3 is 0 Å². The molecule has 1 aromatic rings. The first-order valence-electron chi connectivity index (χ1n) is 8.06. The van der Waals surface area contributed by atoms with Crippen molar-refractivity contribution in [2.45, 2.75) is 19.8 Å². The van der Waals surface area contributed by atoms with Crippen molar-refractivity contribution >= 4 is 23.2 Å². The zero-order valence-electron chi connectivity index (χ0n) is 13.8. The fourth-order valence-corrected chi connectivity index (χ4v) is 3.25. The summed E-state index contributed by atoms with van der Waals surface area (Å²) in [7, 11) is 1.95.